The van der Waals surface area contributed by atoms with Gasteiger partial charge in [-0.05, 0) is 19.3 Å². The minimum Gasteiger partial charge on any atom is -0.342 e. The summed E-state index contributed by atoms with van der Waals surface area (Å²) in [6.45, 7) is 2.88. The summed E-state index contributed by atoms with van der Waals surface area (Å²) in [6.07, 6.45) is -4.95. The summed E-state index contributed by atoms with van der Waals surface area (Å²) >= 11 is 0. The highest BCUT2D eigenvalue weighted by atomic mass is 35.5. The van der Waals surface area contributed by atoms with E-state index in [0.717, 1.165) is 6.42 Å². The van der Waals surface area contributed by atoms with Gasteiger partial charge in [0, 0.05) is 25.6 Å². The summed E-state index contributed by atoms with van der Waals surface area (Å²) in [4.78, 5) is 12.9. The highest BCUT2D eigenvalue weighted by molar-refractivity contribution is 5.85. The standard InChI is InChI=1S/C10H17F3N2O.ClH/c1-7(14)8-3-5-15(6-8)9(16)2-4-10(11,12)13;/h7-8H,2-6,14H2,1H3;1H. The zero-order valence-electron chi connectivity index (χ0n) is 9.67. The molecule has 0 bridgehead atoms. The van der Waals surface area contributed by atoms with Crippen LogP contribution in [0.3, 0.4) is 0 Å². The van der Waals surface area contributed by atoms with Crippen molar-refractivity contribution in [1.82, 2.24) is 4.90 Å². The maximum atomic E-state index is 11.9. The number of likely N-dealkylation sites (tertiary alicyclic amines) is 1. The van der Waals surface area contributed by atoms with Gasteiger partial charge in [-0.15, -0.1) is 12.4 Å². The third-order valence-electron chi connectivity index (χ3n) is 2.94. The molecule has 0 aromatic rings. The van der Waals surface area contributed by atoms with Crippen molar-refractivity contribution in [2.75, 3.05) is 13.1 Å². The van der Waals surface area contributed by atoms with Gasteiger partial charge in [0.2, 0.25) is 5.91 Å². The topological polar surface area (TPSA) is 46.3 Å². The highest BCUT2D eigenvalue weighted by Gasteiger charge is 2.32. The molecular weight excluding hydrogens is 257 g/mol. The van der Waals surface area contributed by atoms with Crippen molar-refractivity contribution < 1.29 is 18.0 Å². The number of carbonyl (C=O) groups is 1. The van der Waals surface area contributed by atoms with Gasteiger partial charge in [0.25, 0.3) is 0 Å². The molecule has 0 radical (unpaired) electrons. The third-order valence-corrected chi connectivity index (χ3v) is 2.94. The second kappa shape index (κ2) is 6.44. The Labute approximate surface area is 105 Å². The van der Waals surface area contributed by atoms with E-state index in [1.807, 2.05) is 6.92 Å². The van der Waals surface area contributed by atoms with Crippen LogP contribution >= 0.6 is 12.4 Å². The van der Waals surface area contributed by atoms with Gasteiger partial charge in [-0.25, -0.2) is 0 Å². The fourth-order valence-corrected chi connectivity index (χ4v) is 1.85. The van der Waals surface area contributed by atoms with Gasteiger partial charge in [-0.3, -0.25) is 4.79 Å². The molecule has 1 saturated heterocycles. The molecule has 1 amide bonds. The van der Waals surface area contributed by atoms with Crippen LogP contribution in [0.25, 0.3) is 0 Å². The van der Waals surface area contributed by atoms with E-state index >= 15 is 0 Å². The Morgan fingerprint density at radius 2 is 2.12 bits per heavy atom. The lowest BCUT2D eigenvalue weighted by Gasteiger charge is -2.18. The molecule has 1 heterocycles. The molecule has 2 N–H and O–H groups in total. The van der Waals surface area contributed by atoms with E-state index in [4.69, 9.17) is 5.73 Å². The first-order valence-electron chi connectivity index (χ1n) is 5.39. The van der Waals surface area contributed by atoms with Crippen LogP contribution in [0.1, 0.15) is 26.2 Å². The zero-order valence-corrected chi connectivity index (χ0v) is 10.5. The molecule has 102 valence electrons. The quantitative estimate of drug-likeness (QED) is 0.855. The van der Waals surface area contributed by atoms with Crippen LogP contribution in [0.4, 0.5) is 13.2 Å². The first-order chi connectivity index (χ1) is 7.29. The molecule has 0 aromatic heterocycles. The molecule has 0 saturated carbocycles. The number of hydrogen-bond donors (Lipinski definition) is 1. The second-order valence-electron chi connectivity index (χ2n) is 4.36. The average Bonchev–Trinajstić information content (AvgIpc) is 2.61. The summed E-state index contributed by atoms with van der Waals surface area (Å²) in [5.41, 5.74) is 5.69. The van der Waals surface area contributed by atoms with Gasteiger partial charge in [0.15, 0.2) is 0 Å². The predicted octanol–water partition coefficient (Wildman–Crippen LogP) is 1.95. The van der Waals surface area contributed by atoms with Crippen LogP contribution < -0.4 is 5.73 Å². The molecule has 1 fully saturated rings. The van der Waals surface area contributed by atoms with Crippen molar-refractivity contribution >= 4 is 18.3 Å². The Bertz CT molecular complexity index is 258. The second-order valence-corrected chi connectivity index (χ2v) is 4.36. The van der Waals surface area contributed by atoms with E-state index < -0.39 is 24.9 Å². The lowest BCUT2D eigenvalue weighted by Crippen LogP contribution is -2.33. The monoisotopic (exact) mass is 274 g/mol. The van der Waals surface area contributed by atoms with Crippen molar-refractivity contribution in [2.45, 2.75) is 38.4 Å². The number of hydrogen-bond acceptors (Lipinski definition) is 2. The SMILES string of the molecule is CC(N)C1CCN(C(=O)CCC(F)(F)F)C1.Cl. The third kappa shape index (κ3) is 5.59. The van der Waals surface area contributed by atoms with Crippen molar-refractivity contribution in [3.8, 4) is 0 Å². The first-order valence-corrected chi connectivity index (χ1v) is 5.39. The molecular formula is C10H18ClF3N2O. The van der Waals surface area contributed by atoms with Crippen molar-refractivity contribution in [3.05, 3.63) is 0 Å². The van der Waals surface area contributed by atoms with E-state index in [9.17, 15) is 18.0 Å². The van der Waals surface area contributed by atoms with E-state index in [0.29, 0.717) is 13.1 Å². The summed E-state index contributed by atoms with van der Waals surface area (Å²) in [5.74, 6) is -0.199. The smallest absolute Gasteiger partial charge is 0.342 e. The number of carbonyl (C=O) groups excluding carboxylic acids is 1. The molecule has 0 spiro atoms. The van der Waals surface area contributed by atoms with Crippen LogP contribution in [0.5, 0.6) is 0 Å². The number of amides is 1. The molecule has 7 heteroatoms. The van der Waals surface area contributed by atoms with Crippen LogP contribution in [0.15, 0.2) is 0 Å². The lowest BCUT2D eigenvalue weighted by atomic mass is 10.0. The number of nitrogens with two attached hydrogens (primary N) is 1. The summed E-state index contributed by atoms with van der Waals surface area (Å²) in [6, 6.07) is -0.0135. The largest absolute Gasteiger partial charge is 0.389 e. The van der Waals surface area contributed by atoms with Gasteiger partial charge < -0.3 is 10.6 Å². The molecule has 1 aliphatic heterocycles. The maximum absolute atomic E-state index is 11.9. The van der Waals surface area contributed by atoms with Gasteiger partial charge in [0.05, 0.1) is 6.42 Å². The Balaban J connectivity index is 0.00000256. The summed E-state index contributed by atoms with van der Waals surface area (Å²) < 4.78 is 35.8. The minimum absolute atomic E-state index is 0. The van der Waals surface area contributed by atoms with Crippen LogP contribution in [0, 0.1) is 5.92 Å². The number of alkyl halides is 3. The van der Waals surface area contributed by atoms with Crippen LogP contribution in [0.2, 0.25) is 0 Å². The van der Waals surface area contributed by atoms with Gasteiger partial charge in [-0.2, -0.15) is 13.2 Å². The fraction of sp³-hybridized carbons (Fsp3) is 0.900. The zero-order chi connectivity index (χ0) is 12.3. The number of nitrogens with zero attached hydrogens (tertiary/aromatic N) is 1. The Morgan fingerprint density at radius 3 is 2.53 bits per heavy atom. The minimum atomic E-state index is -4.25. The highest BCUT2D eigenvalue weighted by Crippen LogP contribution is 2.24. The van der Waals surface area contributed by atoms with E-state index in [1.165, 1.54) is 4.90 Å². The van der Waals surface area contributed by atoms with Crippen LogP contribution in [-0.4, -0.2) is 36.1 Å². The lowest BCUT2D eigenvalue weighted by molar-refractivity contribution is -0.148. The maximum Gasteiger partial charge on any atom is 0.389 e. The number of halogens is 4. The van der Waals surface area contributed by atoms with E-state index in [-0.39, 0.29) is 24.4 Å². The van der Waals surface area contributed by atoms with Gasteiger partial charge in [0.1, 0.15) is 0 Å². The molecule has 0 aromatic carbocycles. The Kier molecular flexibility index (Phi) is 6.26. The first kappa shape index (κ1) is 16.5. The van der Waals surface area contributed by atoms with Gasteiger partial charge >= 0.3 is 6.18 Å². The van der Waals surface area contributed by atoms with Crippen molar-refractivity contribution in [2.24, 2.45) is 11.7 Å². The Hall–Kier alpha value is -0.490. The molecule has 2 unspecified atom stereocenters. The molecule has 0 aliphatic carbocycles. The van der Waals surface area contributed by atoms with Gasteiger partial charge in [-0.1, -0.05) is 0 Å². The molecule has 3 nitrogen and oxygen atoms in total. The van der Waals surface area contributed by atoms with Crippen LogP contribution in [-0.2, 0) is 4.79 Å². The van der Waals surface area contributed by atoms with Crippen molar-refractivity contribution in [1.29, 1.82) is 0 Å². The molecule has 1 aliphatic rings. The molecule has 2 atom stereocenters. The van der Waals surface area contributed by atoms with Crippen molar-refractivity contribution in [3.63, 3.8) is 0 Å². The number of rotatable bonds is 3. The summed E-state index contributed by atoms with van der Waals surface area (Å²) in [5, 5.41) is 0. The van der Waals surface area contributed by atoms with E-state index in [1.54, 1.807) is 0 Å². The molecule has 1 rings (SSSR count). The fourth-order valence-electron chi connectivity index (χ4n) is 1.85. The molecule has 17 heavy (non-hydrogen) atoms. The Morgan fingerprint density at radius 1 is 1.53 bits per heavy atom. The predicted molar refractivity (Wildman–Crippen MR) is 60.9 cm³/mol. The average molecular weight is 275 g/mol. The summed E-state index contributed by atoms with van der Waals surface area (Å²) in [7, 11) is 0. The van der Waals surface area contributed by atoms with E-state index in [2.05, 4.69) is 0 Å². The normalized spacial score (nSPS) is 22.2.